The van der Waals surface area contributed by atoms with Gasteiger partial charge >= 0.3 is 0 Å². The fourth-order valence-corrected chi connectivity index (χ4v) is 1.77. The van der Waals surface area contributed by atoms with Crippen LogP contribution in [0.4, 0.5) is 5.69 Å². The number of carbonyl (C=O) groups excluding carboxylic acids is 1. The lowest BCUT2D eigenvalue weighted by Crippen LogP contribution is -2.28. The van der Waals surface area contributed by atoms with Gasteiger partial charge in [0, 0.05) is 32.0 Å². The zero-order chi connectivity index (χ0) is 14.3. The second-order valence-electron chi connectivity index (χ2n) is 4.15. The number of benzene rings is 1. The molecule has 0 atom stereocenters. The average Bonchev–Trinajstić information content (AvgIpc) is 2.38. The molecule has 0 amide bonds. The van der Waals surface area contributed by atoms with Gasteiger partial charge in [0.05, 0.1) is 24.7 Å². The molecule has 0 saturated carbocycles. The first kappa shape index (κ1) is 15.0. The summed E-state index contributed by atoms with van der Waals surface area (Å²) in [4.78, 5) is 13.2. The van der Waals surface area contributed by atoms with Crippen LogP contribution in [0.5, 0.6) is 5.75 Å². The van der Waals surface area contributed by atoms with Crippen LogP contribution in [0.25, 0.3) is 0 Å². The van der Waals surface area contributed by atoms with Gasteiger partial charge in [-0.05, 0) is 19.1 Å². The highest BCUT2D eigenvalue weighted by Gasteiger charge is 2.11. The lowest BCUT2D eigenvalue weighted by Gasteiger charge is -2.23. The molecule has 1 aromatic carbocycles. The van der Waals surface area contributed by atoms with Gasteiger partial charge in [0.25, 0.3) is 0 Å². The molecule has 5 heteroatoms. The van der Waals surface area contributed by atoms with E-state index in [1.165, 1.54) is 6.92 Å². The molecule has 0 unspecified atom stereocenters. The van der Waals surface area contributed by atoms with Crippen LogP contribution >= 0.6 is 0 Å². The van der Waals surface area contributed by atoms with Gasteiger partial charge in [-0.15, -0.1) is 0 Å². The molecule has 0 bridgehead atoms. The number of phenolic OH excluding ortho intramolecular Hbond substituents is 1. The number of ether oxygens (including phenoxy) is 1. The van der Waals surface area contributed by atoms with Crippen molar-refractivity contribution in [2.75, 3.05) is 31.7 Å². The topological polar surface area (TPSA) is 73.6 Å². The third kappa shape index (κ3) is 4.27. The number of anilines is 1. The lowest BCUT2D eigenvalue weighted by molar-refractivity contribution is 0.101. The van der Waals surface area contributed by atoms with E-state index in [4.69, 9.17) is 10.00 Å². The highest BCUT2D eigenvalue weighted by molar-refractivity contribution is 5.97. The van der Waals surface area contributed by atoms with Crippen molar-refractivity contribution in [3.8, 4) is 11.8 Å². The summed E-state index contributed by atoms with van der Waals surface area (Å²) in [5.41, 5.74) is 1.07. The summed E-state index contributed by atoms with van der Waals surface area (Å²) in [5.74, 6) is -0.214. The summed E-state index contributed by atoms with van der Waals surface area (Å²) in [6.45, 7) is 3.11. The third-order valence-electron chi connectivity index (χ3n) is 2.78. The van der Waals surface area contributed by atoms with Crippen molar-refractivity contribution < 1.29 is 14.6 Å². The first-order valence-corrected chi connectivity index (χ1v) is 6.05. The monoisotopic (exact) mass is 262 g/mol. The van der Waals surface area contributed by atoms with E-state index in [0.29, 0.717) is 31.7 Å². The lowest BCUT2D eigenvalue weighted by atomic mass is 10.1. The maximum absolute atomic E-state index is 11.3. The molecule has 0 radical (unpaired) electrons. The van der Waals surface area contributed by atoms with Crippen LogP contribution in [-0.2, 0) is 4.74 Å². The van der Waals surface area contributed by atoms with E-state index in [1.54, 1.807) is 25.3 Å². The Hall–Kier alpha value is -2.06. The number of phenols is 1. The molecule has 102 valence electrons. The van der Waals surface area contributed by atoms with Crippen LogP contribution in [0.1, 0.15) is 23.7 Å². The molecule has 0 heterocycles. The second-order valence-corrected chi connectivity index (χ2v) is 4.15. The van der Waals surface area contributed by atoms with E-state index in [1.807, 2.05) is 4.90 Å². The van der Waals surface area contributed by atoms with Gasteiger partial charge in [-0.2, -0.15) is 5.26 Å². The molecule has 1 rings (SSSR count). The number of ketones is 1. The van der Waals surface area contributed by atoms with Crippen LogP contribution in [0.2, 0.25) is 0 Å². The summed E-state index contributed by atoms with van der Waals surface area (Å²) in [7, 11) is 1.61. The molecule has 19 heavy (non-hydrogen) atoms. The molecule has 1 N–H and O–H groups in total. The Kier molecular flexibility index (Phi) is 5.83. The van der Waals surface area contributed by atoms with Crippen LogP contribution in [-0.4, -0.2) is 37.7 Å². The Morgan fingerprint density at radius 1 is 1.47 bits per heavy atom. The maximum Gasteiger partial charge on any atom is 0.163 e. The second kappa shape index (κ2) is 7.39. The average molecular weight is 262 g/mol. The van der Waals surface area contributed by atoms with Crippen molar-refractivity contribution in [1.82, 2.24) is 0 Å². The van der Waals surface area contributed by atoms with Crippen LogP contribution in [0, 0.1) is 11.3 Å². The summed E-state index contributed by atoms with van der Waals surface area (Å²) in [5, 5.41) is 18.5. The minimum absolute atomic E-state index is 0.0376. The van der Waals surface area contributed by atoms with Crippen molar-refractivity contribution in [2.45, 2.75) is 13.3 Å². The SMILES string of the molecule is COCCN(CCC#N)c1ccc(C(C)=O)c(O)c1. The molecule has 0 aliphatic carbocycles. The Labute approximate surface area is 113 Å². The number of nitrogens with zero attached hydrogens (tertiary/aromatic N) is 2. The largest absolute Gasteiger partial charge is 0.507 e. The minimum Gasteiger partial charge on any atom is -0.507 e. The number of nitriles is 1. The molecule has 0 aromatic heterocycles. The smallest absolute Gasteiger partial charge is 0.163 e. The van der Waals surface area contributed by atoms with Gasteiger partial charge in [0.2, 0.25) is 0 Å². The Morgan fingerprint density at radius 2 is 2.21 bits per heavy atom. The highest BCUT2D eigenvalue weighted by Crippen LogP contribution is 2.25. The number of hydrogen-bond acceptors (Lipinski definition) is 5. The first-order valence-electron chi connectivity index (χ1n) is 6.05. The summed E-state index contributed by atoms with van der Waals surface area (Å²) in [6.07, 6.45) is 0.388. The van der Waals surface area contributed by atoms with Crippen molar-refractivity contribution in [2.24, 2.45) is 0 Å². The molecule has 0 aliphatic heterocycles. The zero-order valence-electron chi connectivity index (χ0n) is 11.2. The van der Waals surface area contributed by atoms with Crippen LogP contribution < -0.4 is 4.90 Å². The number of carbonyl (C=O) groups is 1. The molecule has 0 aliphatic rings. The Morgan fingerprint density at radius 3 is 2.74 bits per heavy atom. The molecule has 0 fully saturated rings. The quantitative estimate of drug-likeness (QED) is 0.760. The number of methoxy groups -OCH3 is 1. The molecule has 0 saturated heterocycles. The van der Waals surface area contributed by atoms with Gasteiger partial charge in [-0.25, -0.2) is 0 Å². The van der Waals surface area contributed by atoms with Crippen LogP contribution in [0.15, 0.2) is 18.2 Å². The zero-order valence-corrected chi connectivity index (χ0v) is 11.2. The van der Waals surface area contributed by atoms with Gasteiger partial charge in [-0.1, -0.05) is 0 Å². The highest BCUT2D eigenvalue weighted by atomic mass is 16.5. The van der Waals surface area contributed by atoms with E-state index in [2.05, 4.69) is 6.07 Å². The molecular weight excluding hydrogens is 244 g/mol. The first-order chi connectivity index (χ1) is 9.10. The van der Waals surface area contributed by atoms with Crippen molar-refractivity contribution in [3.63, 3.8) is 0 Å². The normalized spacial score (nSPS) is 9.95. The van der Waals surface area contributed by atoms with E-state index >= 15 is 0 Å². The van der Waals surface area contributed by atoms with Gasteiger partial charge < -0.3 is 14.7 Å². The summed E-state index contributed by atoms with van der Waals surface area (Å²) < 4.78 is 5.02. The fraction of sp³-hybridized carbons (Fsp3) is 0.429. The van der Waals surface area contributed by atoms with Crippen molar-refractivity contribution >= 4 is 11.5 Å². The van der Waals surface area contributed by atoms with Gasteiger partial charge in [0.15, 0.2) is 5.78 Å². The van der Waals surface area contributed by atoms with Crippen molar-refractivity contribution in [1.29, 1.82) is 5.26 Å². The summed E-state index contributed by atoms with van der Waals surface area (Å²) in [6, 6.07) is 7.00. The third-order valence-corrected chi connectivity index (χ3v) is 2.78. The standard InChI is InChI=1S/C14H18N2O3/c1-11(17)13-5-4-12(10-14(13)18)16(7-3-6-15)8-9-19-2/h4-5,10,18H,3,7-9H2,1-2H3. The van der Waals surface area contributed by atoms with E-state index in [9.17, 15) is 9.90 Å². The number of Topliss-reactive ketones (excluding diaryl/α,β-unsaturated/α-hetero) is 1. The van der Waals surface area contributed by atoms with Crippen molar-refractivity contribution in [3.05, 3.63) is 23.8 Å². The van der Waals surface area contributed by atoms with Crippen LogP contribution in [0.3, 0.4) is 0 Å². The Balaban J connectivity index is 2.92. The maximum atomic E-state index is 11.3. The van der Waals surface area contributed by atoms with E-state index < -0.39 is 0 Å². The molecule has 1 aromatic rings. The van der Waals surface area contributed by atoms with E-state index in [0.717, 1.165) is 5.69 Å². The predicted octanol–water partition coefficient (Wildman–Crippen LogP) is 1.96. The Bertz CT molecular complexity index is 480. The predicted molar refractivity (Wildman–Crippen MR) is 72.4 cm³/mol. The number of rotatable bonds is 7. The summed E-state index contributed by atoms with van der Waals surface area (Å²) >= 11 is 0. The van der Waals surface area contributed by atoms with Gasteiger partial charge in [0.1, 0.15) is 5.75 Å². The number of aromatic hydroxyl groups is 1. The fourth-order valence-electron chi connectivity index (χ4n) is 1.77. The molecule has 5 nitrogen and oxygen atoms in total. The molecule has 0 spiro atoms. The van der Waals surface area contributed by atoms with E-state index in [-0.39, 0.29) is 11.5 Å². The van der Waals surface area contributed by atoms with Gasteiger partial charge in [-0.3, -0.25) is 4.79 Å². The molecular formula is C14H18N2O3. The number of hydrogen-bond donors (Lipinski definition) is 1. The minimum atomic E-state index is -0.176.